The summed E-state index contributed by atoms with van der Waals surface area (Å²) in [6.07, 6.45) is 5.66. The van der Waals surface area contributed by atoms with Gasteiger partial charge in [0.05, 0.1) is 0 Å². The number of piperidine rings is 1. The number of nitrogens with zero attached hydrogens (tertiary/aromatic N) is 1. The van der Waals surface area contributed by atoms with Gasteiger partial charge in [-0.1, -0.05) is 30.3 Å². The van der Waals surface area contributed by atoms with Gasteiger partial charge in [0.2, 0.25) is 5.91 Å². The van der Waals surface area contributed by atoms with Crippen molar-refractivity contribution in [2.24, 2.45) is 5.92 Å². The van der Waals surface area contributed by atoms with Crippen LogP contribution in [0.5, 0.6) is 0 Å². The molecule has 3 rings (SSSR count). The minimum atomic E-state index is 0. The fraction of sp³-hybridized carbons (Fsp3) is 0.632. The third-order valence-corrected chi connectivity index (χ3v) is 5.16. The smallest absolute Gasteiger partial charge is 0.220 e. The first-order valence-corrected chi connectivity index (χ1v) is 8.94. The van der Waals surface area contributed by atoms with E-state index in [1.165, 1.54) is 31.2 Å². The molecule has 25 heavy (non-hydrogen) atoms. The molecule has 1 aromatic carbocycles. The Morgan fingerprint density at radius 2 is 1.80 bits per heavy atom. The Hall–Kier alpha value is -0.810. The van der Waals surface area contributed by atoms with Crippen LogP contribution in [0.3, 0.4) is 0 Å². The predicted octanol–water partition coefficient (Wildman–Crippen LogP) is 3.00. The van der Waals surface area contributed by atoms with Crippen molar-refractivity contribution in [3.05, 3.63) is 35.9 Å². The van der Waals surface area contributed by atoms with Crippen LogP contribution < -0.4 is 10.6 Å². The molecule has 0 aromatic heterocycles. The molecule has 0 spiro atoms. The molecule has 1 aromatic rings. The SMILES string of the molecule is CN(CCNC(=O)CC1CC2CCC(C1)N2)Cc1ccccc1.Cl.Cl. The zero-order valence-corrected chi connectivity index (χ0v) is 16.6. The van der Waals surface area contributed by atoms with Gasteiger partial charge in [0.15, 0.2) is 0 Å². The molecule has 0 radical (unpaired) electrons. The lowest BCUT2D eigenvalue weighted by Gasteiger charge is -2.28. The van der Waals surface area contributed by atoms with E-state index >= 15 is 0 Å². The summed E-state index contributed by atoms with van der Waals surface area (Å²) in [6.45, 7) is 2.55. The van der Waals surface area contributed by atoms with Crippen LogP contribution >= 0.6 is 24.8 Å². The molecule has 2 unspecified atom stereocenters. The van der Waals surface area contributed by atoms with E-state index in [1.807, 2.05) is 6.07 Å². The molecule has 2 saturated heterocycles. The lowest BCUT2D eigenvalue weighted by Crippen LogP contribution is -2.40. The number of rotatable bonds is 7. The van der Waals surface area contributed by atoms with Crippen molar-refractivity contribution >= 4 is 30.7 Å². The van der Waals surface area contributed by atoms with Crippen LogP contribution in [-0.4, -0.2) is 43.0 Å². The molecule has 2 N–H and O–H groups in total. The lowest BCUT2D eigenvalue weighted by molar-refractivity contribution is -0.122. The van der Waals surface area contributed by atoms with Crippen LogP contribution in [0.15, 0.2) is 30.3 Å². The van der Waals surface area contributed by atoms with Crippen LogP contribution in [0.2, 0.25) is 0 Å². The maximum atomic E-state index is 12.1. The molecular weight excluding hydrogens is 357 g/mol. The lowest BCUT2D eigenvalue weighted by atomic mass is 9.89. The number of halogens is 2. The Morgan fingerprint density at radius 1 is 1.16 bits per heavy atom. The Kier molecular flexibility index (Phi) is 9.80. The van der Waals surface area contributed by atoms with Gasteiger partial charge in [-0.05, 0) is 44.2 Å². The molecule has 4 nitrogen and oxygen atoms in total. The van der Waals surface area contributed by atoms with Crippen LogP contribution in [0, 0.1) is 5.92 Å². The molecule has 2 aliphatic rings. The Morgan fingerprint density at radius 3 is 2.44 bits per heavy atom. The normalized spacial score (nSPS) is 24.3. The Balaban J connectivity index is 0.00000156. The highest BCUT2D eigenvalue weighted by atomic mass is 35.5. The van der Waals surface area contributed by atoms with Crippen molar-refractivity contribution in [3.63, 3.8) is 0 Å². The van der Waals surface area contributed by atoms with Crippen molar-refractivity contribution in [3.8, 4) is 0 Å². The quantitative estimate of drug-likeness (QED) is 0.755. The number of hydrogen-bond donors (Lipinski definition) is 2. The molecule has 2 atom stereocenters. The summed E-state index contributed by atoms with van der Waals surface area (Å²) in [6, 6.07) is 11.8. The van der Waals surface area contributed by atoms with Gasteiger partial charge in [-0.2, -0.15) is 0 Å². The topological polar surface area (TPSA) is 44.4 Å². The molecule has 0 saturated carbocycles. The Bertz CT molecular complexity index is 503. The molecule has 2 aliphatic heterocycles. The summed E-state index contributed by atoms with van der Waals surface area (Å²) in [5.41, 5.74) is 1.31. The average molecular weight is 388 g/mol. The summed E-state index contributed by atoms with van der Waals surface area (Å²) in [7, 11) is 2.10. The number of nitrogens with one attached hydrogen (secondary N) is 2. The number of carbonyl (C=O) groups excluding carboxylic acids is 1. The first kappa shape index (κ1) is 22.2. The maximum Gasteiger partial charge on any atom is 0.220 e. The standard InChI is InChI=1S/C19H29N3O.2ClH/c1-22(14-15-5-3-2-4-6-15)10-9-20-19(23)13-16-11-17-7-8-18(12-16)21-17;;/h2-6,16-18,21H,7-14H2,1H3,(H,20,23);2*1H. The van der Waals surface area contributed by atoms with Gasteiger partial charge in [0.1, 0.15) is 0 Å². The van der Waals surface area contributed by atoms with E-state index in [9.17, 15) is 4.79 Å². The van der Waals surface area contributed by atoms with Gasteiger partial charge < -0.3 is 15.5 Å². The van der Waals surface area contributed by atoms with E-state index in [1.54, 1.807) is 0 Å². The highest BCUT2D eigenvalue weighted by Crippen LogP contribution is 2.32. The summed E-state index contributed by atoms with van der Waals surface area (Å²) < 4.78 is 0. The molecule has 2 bridgehead atoms. The van der Waals surface area contributed by atoms with Crippen molar-refractivity contribution < 1.29 is 4.79 Å². The minimum absolute atomic E-state index is 0. The van der Waals surface area contributed by atoms with Crippen molar-refractivity contribution in [2.75, 3.05) is 20.1 Å². The van der Waals surface area contributed by atoms with Crippen molar-refractivity contribution in [1.29, 1.82) is 0 Å². The van der Waals surface area contributed by atoms with E-state index < -0.39 is 0 Å². The molecule has 2 fully saturated rings. The second kappa shape index (κ2) is 11.0. The highest BCUT2D eigenvalue weighted by molar-refractivity contribution is 5.85. The van der Waals surface area contributed by atoms with Crippen molar-refractivity contribution in [2.45, 2.75) is 50.7 Å². The second-order valence-corrected chi connectivity index (χ2v) is 7.25. The summed E-state index contributed by atoms with van der Waals surface area (Å²) in [5, 5.41) is 6.73. The number of carbonyl (C=O) groups is 1. The van der Waals surface area contributed by atoms with E-state index in [4.69, 9.17) is 0 Å². The number of amides is 1. The number of likely N-dealkylation sites (N-methyl/N-ethyl adjacent to an activating group) is 1. The Labute approximate surface area is 163 Å². The van der Waals surface area contributed by atoms with Crippen molar-refractivity contribution in [1.82, 2.24) is 15.5 Å². The van der Waals surface area contributed by atoms with Crippen LogP contribution in [0.1, 0.15) is 37.7 Å². The fourth-order valence-corrected chi connectivity index (χ4v) is 4.04. The van der Waals surface area contributed by atoms with E-state index in [0.29, 0.717) is 24.4 Å². The summed E-state index contributed by atoms with van der Waals surface area (Å²) in [4.78, 5) is 14.4. The van der Waals surface area contributed by atoms with Gasteiger partial charge in [-0.3, -0.25) is 4.79 Å². The second-order valence-electron chi connectivity index (χ2n) is 7.25. The summed E-state index contributed by atoms with van der Waals surface area (Å²) >= 11 is 0. The zero-order chi connectivity index (χ0) is 16.1. The fourth-order valence-electron chi connectivity index (χ4n) is 4.04. The molecule has 6 heteroatoms. The number of hydrogen-bond acceptors (Lipinski definition) is 3. The van der Waals surface area contributed by atoms with Gasteiger partial charge in [0.25, 0.3) is 0 Å². The third kappa shape index (κ3) is 7.14. The van der Waals surface area contributed by atoms with Crippen LogP contribution in [0.25, 0.3) is 0 Å². The number of benzene rings is 1. The van der Waals surface area contributed by atoms with Gasteiger partial charge in [-0.15, -0.1) is 24.8 Å². The molecule has 0 aliphatic carbocycles. The molecule has 1 amide bonds. The van der Waals surface area contributed by atoms with E-state index in [2.05, 4.69) is 46.8 Å². The highest BCUT2D eigenvalue weighted by Gasteiger charge is 2.34. The van der Waals surface area contributed by atoms with Crippen LogP contribution in [-0.2, 0) is 11.3 Å². The van der Waals surface area contributed by atoms with E-state index in [-0.39, 0.29) is 30.7 Å². The molecular formula is C19H31Cl2N3O. The number of fused-ring (bicyclic) bond motifs is 2. The molecule has 2 heterocycles. The average Bonchev–Trinajstić information content (AvgIpc) is 2.87. The molecule has 142 valence electrons. The van der Waals surface area contributed by atoms with Gasteiger partial charge >= 0.3 is 0 Å². The van der Waals surface area contributed by atoms with Gasteiger partial charge in [-0.25, -0.2) is 0 Å². The van der Waals surface area contributed by atoms with Gasteiger partial charge in [0, 0.05) is 38.1 Å². The monoisotopic (exact) mass is 387 g/mol. The summed E-state index contributed by atoms with van der Waals surface area (Å²) in [5.74, 6) is 0.806. The largest absolute Gasteiger partial charge is 0.355 e. The zero-order valence-electron chi connectivity index (χ0n) is 14.9. The first-order chi connectivity index (χ1) is 11.2. The maximum absolute atomic E-state index is 12.1. The minimum Gasteiger partial charge on any atom is -0.355 e. The first-order valence-electron chi connectivity index (χ1n) is 8.94. The van der Waals surface area contributed by atoms with E-state index in [0.717, 1.165) is 19.6 Å². The third-order valence-electron chi connectivity index (χ3n) is 5.16. The van der Waals surface area contributed by atoms with Crippen LogP contribution in [0.4, 0.5) is 0 Å². The predicted molar refractivity (Wildman–Crippen MR) is 108 cm³/mol.